The molecule has 82 valence electrons. The van der Waals surface area contributed by atoms with E-state index < -0.39 is 12.1 Å². The molecule has 1 aromatic rings. The van der Waals surface area contributed by atoms with E-state index in [1.807, 2.05) is 25.1 Å². The summed E-state index contributed by atoms with van der Waals surface area (Å²) in [7, 11) is 0. The van der Waals surface area contributed by atoms with Crippen molar-refractivity contribution < 1.29 is 14.6 Å². The van der Waals surface area contributed by atoms with Crippen molar-refractivity contribution >= 4 is 5.97 Å². The zero-order chi connectivity index (χ0) is 11.3. The van der Waals surface area contributed by atoms with Crippen molar-refractivity contribution in [3.05, 3.63) is 29.8 Å². The van der Waals surface area contributed by atoms with E-state index in [1.165, 1.54) is 0 Å². The van der Waals surface area contributed by atoms with Gasteiger partial charge in [0.25, 0.3) is 0 Å². The molecule has 1 aromatic carbocycles. The van der Waals surface area contributed by atoms with Gasteiger partial charge in [-0.1, -0.05) is 19.1 Å². The second-order valence-corrected chi connectivity index (χ2v) is 3.18. The van der Waals surface area contributed by atoms with Crippen molar-refractivity contribution in [2.24, 2.45) is 5.73 Å². The van der Waals surface area contributed by atoms with Crippen LogP contribution in [0.2, 0.25) is 0 Å². The van der Waals surface area contributed by atoms with Crippen molar-refractivity contribution in [1.82, 2.24) is 0 Å². The number of carboxylic acids is 1. The topological polar surface area (TPSA) is 72.5 Å². The van der Waals surface area contributed by atoms with Crippen LogP contribution in [-0.2, 0) is 11.2 Å². The third-order valence-electron chi connectivity index (χ3n) is 2.07. The molecule has 0 aliphatic rings. The molecule has 3 N–H and O–H groups in total. The predicted molar refractivity (Wildman–Crippen MR) is 56.9 cm³/mol. The van der Waals surface area contributed by atoms with Crippen LogP contribution >= 0.6 is 0 Å². The van der Waals surface area contributed by atoms with Gasteiger partial charge in [-0.15, -0.1) is 0 Å². The van der Waals surface area contributed by atoms with Gasteiger partial charge in [0.2, 0.25) is 6.10 Å². The summed E-state index contributed by atoms with van der Waals surface area (Å²) in [6, 6.07) is 7.35. The summed E-state index contributed by atoms with van der Waals surface area (Å²) >= 11 is 0. The van der Waals surface area contributed by atoms with E-state index in [0.29, 0.717) is 5.75 Å². The van der Waals surface area contributed by atoms with Gasteiger partial charge >= 0.3 is 5.97 Å². The van der Waals surface area contributed by atoms with Gasteiger partial charge in [-0.25, -0.2) is 4.79 Å². The Kier molecular flexibility index (Phi) is 4.12. The number of ether oxygens (including phenoxy) is 1. The fraction of sp³-hybridized carbons (Fsp3) is 0.364. The highest BCUT2D eigenvalue weighted by atomic mass is 16.5. The summed E-state index contributed by atoms with van der Waals surface area (Å²) in [6.07, 6.45) is -0.0884. The molecule has 0 saturated carbocycles. The van der Waals surface area contributed by atoms with Crippen molar-refractivity contribution in [1.29, 1.82) is 0 Å². The van der Waals surface area contributed by atoms with E-state index in [1.54, 1.807) is 6.07 Å². The molecule has 4 nitrogen and oxygen atoms in total. The average Bonchev–Trinajstić information content (AvgIpc) is 2.25. The SMILES string of the molecule is CCc1cccc(OC(CN)C(=O)O)c1. The molecule has 1 unspecified atom stereocenters. The summed E-state index contributed by atoms with van der Waals surface area (Å²) in [5.74, 6) is -0.494. The molecule has 0 aliphatic heterocycles. The Labute approximate surface area is 88.7 Å². The second-order valence-electron chi connectivity index (χ2n) is 3.18. The van der Waals surface area contributed by atoms with E-state index in [2.05, 4.69) is 0 Å². The molecule has 0 amide bonds. The first-order chi connectivity index (χ1) is 7.17. The summed E-state index contributed by atoms with van der Waals surface area (Å²) in [6.45, 7) is 1.99. The fourth-order valence-corrected chi connectivity index (χ4v) is 1.20. The van der Waals surface area contributed by atoms with Crippen molar-refractivity contribution in [2.45, 2.75) is 19.4 Å². The lowest BCUT2D eigenvalue weighted by molar-refractivity contribution is -0.144. The monoisotopic (exact) mass is 209 g/mol. The molecule has 1 atom stereocenters. The van der Waals surface area contributed by atoms with E-state index in [0.717, 1.165) is 12.0 Å². The number of hydrogen-bond donors (Lipinski definition) is 2. The first kappa shape index (κ1) is 11.5. The summed E-state index contributed by atoms with van der Waals surface area (Å²) in [4.78, 5) is 10.7. The molecule has 0 aromatic heterocycles. The Hall–Kier alpha value is -1.55. The summed E-state index contributed by atoms with van der Waals surface area (Å²) in [5.41, 5.74) is 6.39. The number of carboxylic acid groups (broad SMARTS) is 1. The van der Waals surface area contributed by atoms with Crippen LogP contribution < -0.4 is 10.5 Å². The van der Waals surface area contributed by atoms with Gasteiger partial charge in [0.05, 0.1) is 0 Å². The first-order valence-corrected chi connectivity index (χ1v) is 4.85. The quantitative estimate of drug-likeness (QED) is 0.760. The Morgan fingerprint density at radius 2 is 2.33 bits per heavy atom. The molecular formula is C11H15NO3. The normalized spacial score (nSPS) is 12.1. The maximum Gasteiger partial charge on any atom is 0.346 e. The molecule has 0 spiro atoms. The highest BCUT2D eigenvalue weighted by Crippen LogP contribution is 2.15. The molecule has 0 aliphatic carbocycles. The Morgan fingerprint density at radius 1 is 1.60 bits per heavy atom. The largest absolute Gasteiger partial charge is 0.478 e. The maximum absolute atomic E-state index is 10.7. The third kappa shape index (κ3) is 3.25. The Balaban J connectivity index is 2.74. The molecule has 15 heavy (non-hydrogen) atoms. The van der Waals surface area contributed by atoms with Gasteiger partial charge in [-0.05, 0) is 24.1 Å². The van der Waals surface area contributed by atoms with Gasteiger partial charge in [0.15, 0.2) is 0 Å². The number of benzene rings is 1. The van der Waals surface area contributed by atoms with Crippen LogP contribution in [0.3, 0.4) is 0 Å². The average molecular weight is 209 g/mol. The maximum atomic E-state index is 10.7. The van der Waals surface area contributed by atoms with Gasteiger partial charge in [-0.3, -0.25) is 0 Å². The minimum atomic E-state index is -1.04. The van der Waals surface area contributed by atoms with E-state index >= 15 is 0 Å². The van der Waals surface area contributed by atoms with Crippen molar-refractivity contribution in [2.75, 3.05) is 6.54 Å². The zero-order valence-electron chi connectivity index (χ0n) is 8.64. The minimum Gasteiger partial charge on any atom is -0.478 e. The van der Waals surface area contributed by atoms with Crippen LogP contribution in [0.5, 0.6) is 5.75 Å². The molecule has 0 radical (unpaired) electrons. The van der Waals surface area contributed by atoms with Crippen molar-refractivity contribution in [3.63, 3.8) is 0 Å². The number of aliphatic carboxylic acids is 1. The number of rotatable bonds is 5. The molecule has 1 rings (SSSR count). The van der Waals surface area contributed by atoms with E-state index in [9.17, 15) is 4.79 Å². The Morgan fingerprint density at radius 3 is 2.87 bits per heavy atom. The van der Waals surface area contributed by atoms with Crippen LogP contribution in [0.15, 0.2) is 24.3 Å². The molecule has 0 saturated heterocycles. The van der Waals surface area contributed by atoms with Gasteiger partial charge < -0.3 is 15.6 Å². The smallest absolute Gasteiger partial charge is 0.346 e. The molecule has 0 fully saturated rings. The lowest BCUT2D eigenvalue weighted by atomic mass is 10.2. The van der Waals surface area contributed by atoms with Gasteiger partial charge in [0, 0.05) is 6.54 Å². The van der Waals surface area contributed by atoms with Crippen LogP contribution in [-0.4, -0.2) is 23.7 Å². The second kappa shape index (κ2) is 5.36. The lowest BCUT2D eigenvalue weighted by Gasteiger charge is -2.13. The zero-order valence-corrected chi connectivity index (χ0v) is 8.64. The summed E-state index contributed by atoms with van der Waals surface area (Å²) in [5, 5.41) is 8.76. The van der Waals surface area contributed by atoms with Gasteiger partial charge in [-0.2, -0.15) is 0 Å². The Bertz CT molecular complexity index is 338. The molecule has 0 bridgehead atoms. The van der Waals surface area contributed by atoms with Crippen LogP contribution in [0.4, 0.5) is 0 Å². The van der Waals surface area contributed by atoms with Crippen LogP contribution in [0.1, 0.15) is 12.5 Å². The van der Waals surface area contributed by atoms with E-state index in [-0.39, 0.29) is 6.54 Å². The van der Waals surface area contributed by atoms with Crippen molar-refractivity contribution in [3.8, 4) is 5.75 Å². The van der Waals surface area contributed by atoms with E-state index in [4.69, 9.17) is 15.6 Å². The van der Waals surface area contributed by atoms with Crippen LogP contribution in [0.25, 0.3) is 0 Å². The highest BCUT2D eigenvalue weighted by Gasteiger charge is 2.16. The minimum absolute atomic E-state index is 0.0360. The fourth-order valence-electron chi connectivity index (χ4n) is 1.20. The number of nitrogens with two attached hydrogens (primary N) is 1. The highest BCUT2D eigenvalue weighted by molar-refractivity contribution is 5.73. The third-order valence-corrected chi connectivity index (χ3v) is 2.07. The lowest BCUT2D eigenvalue weighted by Crippen LogP contribution is -2.34. The molecule has 4 heteroatoms. The number of hydrogen-bond acceptors (Lipinski definition) is 3. The van der Waals surface area contributed by atoms with Crippen LogP contribution in [0, 0.1) is 0 Å². The summed E-state index contributed by atoms with van der Waals surface area (Å²) < 4.78 is 5.24. The number of carbonyl (C=O) groups is 1. The standard InChI is InChI=1S/C11H15NO3/c1-2-8-4-3-5-9(6-8)15-10(7-12)11(13)14/h3-6,10H,2,7,12H2,1H3,(H,13,14). The van der Waals surface area contributed by atoms with Gasteiger partial charge in [0.1, 0.15) is 5.75 Å². The predicted octanol–water partition coefficient (Wildman–Crippen LogP) is 1.04. The number of aryl methyl sites for hydroxylation is 1. The molecular weight excluding hydrogens is 194 g/mol. The molecule has 0 heterocycles. The first-order valence-electron chi connectivity index (χ1n) is 4.85.